The van der Waals surface area contributed by atoms with Crippen molar-refractivity contribution in [2.75, 3.05) is 18.0 Å². The van der Waals surface area contributed by atoms with E-state index in [0.29, 0.717) is 16.8 Å². The fourth-order valence-corrected chi connectivity index (χ4v) is 2.68. The van der Waals surface area contributed by atoms with Crippen LogP contribution >= 0.6 is 0 Å². The molecule has 5 heteroatoms. The third-order valence-corrected chi connectivity index (χ3v) is 3.78. The molecule has 1 saturated heterocycles. The van der Waals surface area contributed by atoms with Gasteiger partial charge in [0.15, 0.2) is 0 Å². The standard InChI is InChI=1S/C16H14FN3O/c17-12-6-2-1-5-11(12)15-18-13-7-8-14(19-16(13)21-15)20-9-3-4-10-20/h1-2,5-8H,3-4,9-10H2. The Balaban J connectivity index is 1.78. The van der Waals surface area contributed by atoms with Crippen molar-refractivity contribution >= 4 is 17.0 Å². The monoisotopic (exact) mass is 283 g/mol. The van der Waals surface area contributed by atoms with Crippen molar-refractivity contribution < 1.29 is 8.81 Å². The van der Waals surface area contributed by atoms with Gasteiger partial charge in [0.25, 0.3) is 0 Å². The highest BCUT2D eigenvalue weighted by atomic mass is 19.1. The molecule has 1 aromatic carbocycles. The topological polar surface area (TPSA) is 42.2 Å². The second-order valence-corrected chi connectivity index (χ2v) is 5.19. The number of pyridine rings is 1. The lowest BCUT2D eigenvalue weighted by Gasteiger charge is -2.15. The van der Waals surface area contributed by atoms with Gasteiger partial charge < -0.3 is 9.32 Å². The molecule has 3 heterocycles. The van der Waals surface area contributed by atoms with Gasteiger partial charge in [-0.05, 0) is 37.1 Å². The maximum absolute atomic E-state index is 13.8. The number of halogens is 1. The summed E-state index contributed by atoms with van der Waals surface area (Å²) in [4.78, 5) is 11.1. The van der Waals surface area contributed by atoms with Crippen LogP contribution in [-0.2, 0) is 0 Å². The lowest BCUT2D eigenvalue weighted by atomic mass is 10.2. The molecule has 106 valence electrons. The summed E-state index contributed by atoms with van der Waals surface area (Å²) in [5.74, 6) is 0.828. The van der Waals surface area contributed by atoms with Crippen molar-refractivity contribution in [3.63, 3.8) is 0 Å². The van der Waals surface area contributed by atoms with Crippen LogP contribution in [0.4, 0.5) is 10.2 Å². The van der Waals surface area contributed by atoms with Crippen LogP contribution in [0.15, 0.2) is 40.8 Å². The van der Waals surface area contributed by atoms with Crippen LogP contribution in [0.5, 0.6) is 0 Å². The summed E-state index contributed by atoms with van der Waals surface area (Å²) in [6.45, 7) is 2.04. The van der Waals surface area contributed by atoms with Crippen LogP contribution in [0.25, 0.3) is 22.7 Å². The van der Waals surface area contributed by atoms with Crippen molar-refractivity contribution in [1.82, 2.24) is 9.97 Å². The van der Waals surface area contributed by atoms with E-state index in [4.69, 9.17) is 4.42 Å². The predicted molar refractivity (Wildman–Crippen MR) is 78.6 cm³/mol. The Morgan fingerprint density at radius 2 is 1.81 bits per heavy atom. The quantitative estimate of drug-likeness (QED) is 0.720. The third-order valence-electron chi connectivity index (χ3n) is 3.78. The van der Waals surface area contributed by atoms with E-state index in [1.54, 1.807) is 18.2 Å². The zero-order chi connectivity index (χ0) is 14.2. The molecule has 0 atom stereocenters. The van der Waals surface area contributed by atoms with Gasteiger partial charge in [-0.2, -0.15) is 4.98 Å². The zero-order valence-corrected chi connectivity index (χ0v) is 11.4. The van der Waals surface area contributed by atoms with Crippen LogP contribution in [0, 0.1) is 5.82 Å². The fraction of sp³-hybridized carbons (Fsp3) is 0.250. The molecule has 21 heavy (non-hydrogen) atoms. The first-order valence-electron chi connectivity index (χ1n) is 7.09. The molecule has 0 N–H and O–H groups in total. The summed E-state index contributed by atoms with van der Waals surface area (Å²) in [5, 5.41) is 0. The first-order valence-corrected chi connectivity index (χ1v) is 7.09. The predicted octanol–water partition coefficient (Wildman–Crippen LogP) is 3.63. The molecular weight excluding hydrogens is 269 g/mol. The molecule has 0 unspecified atom stereocenters. The molecule has 0 aliphatic carbocycles. The van der Waals surface area contributed by atoms with Gasteiger partial charge in [0.2, 0.25) is 11.6 Å². The second-order valence-electron chi connectivity index (χ2n) is 5.19. The average molecular weight is 283 g/mol. The second kappa shape index (κ2) is 4.84. The molecule has 4 nitrogen and oxygen atoms in total. The molecule has 0 bridgehead atoms. The van der Waals surface area contributed by atoms with E-state index in [0.717, 1.165) is 18.9 Å². The number of nitrogens with zero attached hydrogens (tertiary/aromatic N) is 3. The smallest absolute Gasteiger partial charge is 0.249 e. The molecule has 0 amide bonds. The van der Waals surface area contributed by atoms with E-state index in [9.17, 15) is 4.39 Å². The minimum atomic E-state index is -0.344. The molecule has 2 aromatic heterocycles. The first kappa shape index (κ1) is 12.3. The molecule has 0 saturated carbocycles. The number of hydrogen-bond acceptors (Lipinski definition) is 4. The number of rotatable bonds is 2. The van der Waals surface area contributed by atoms with Crippen molar-refractivity contribution in [2.24, 2.45) is 0 Å². The summed E-state index contributed by atoms with van der Waals surface area (Å²) < 4.78 is 19.4. The average Bonchev–Trinajstić information content (AvgIpc) is 3.16. The summed E-state index contributed by atoms with van der Waals surface area (Å²) in [6.07, 6.45) is 2.38. The van der Waals surface area contributed by atoms with Crippen LogP contribution in [0.3, 0.4) is 0 Å². The van der Waals surface area contributed by atoms with Gasteiger partial charge in [-0.15, -0.1) is 0 Å². The van der Waals surface area contributed by atoms with Gasteiger partial charge in [0.1, 0.15) is 17.2 Å². The SMILES string of the molecule is Fc1ccccc1-c1nc2ccc(N3CCCC3)nc2o1. The van der Waals surface area contributed by atoms with Gasteiger partial charge in [0, 0.05) is 13.1 Å². The van der Waals surface area contributed by atoms with E-state index in [1.807, 2.05) is 12.1 Å². The van der Waals surface area contributed by atoms with E-state index >= 15 is 0 Å². The lowest BCUT2D eigenvalue weighted by Crippen LogP contribution is -2.18. The van der Waals surface area contributed by atoms with E-state index in [1.165, 1.54) is 18.9 Å². The number of fused-ring (bicyclic) bond motifs is 1. The van der Waals surface area contributed by atoms with E-state index in [-0.39, 0.29) is 11.7 Å². The Hall–Kier alpha value is -2.43. The minimum absolute atomic E-state index is 0.272. The van der Waals surface area contributed by atoms with Crippen molar-refractivity contribution in [3.05, 3.63) is 42.2 Å². The van der Waals surface area contributed by atoms with Crippen LogP contribution in [0.1, 0.15) is 12.8 Å². The molecule has 1 aliphatic heterocycles. The first-order chi connectivity index (χ1) is 10.3. The number of anilines is 1. The fourth-order valence-electron chi connectivity index (χ4n) is 2.68. The largest absolute Gasteiger partial charge is 0.417 e. The third kappa shape index (κ3) is 2.14. The molecule has 1 aliphatic rings. The van der Waals surface area contributed by atoms with Gasteiger partial charge in [-0.3, -0.25) is 0 Å². The minimum Gasteiger partial charge on any atom is -0.417 e. The molecule has 0 radical (unpaired) electrons. The Bertz CT molecular complexity index is 793. The molecule has 4 rings (SSSR count). The van der Waals surface area contributed by atoms with Gasteiger partial charge >= 0.3 is 0 Å². The highest BCUT2D eigenvalue weighted by Gasteiger charge is 2.17. The molecule has 0 spiro atoms. The summed E-state index contributed by atoms with van der Waals surface area (Å²) in [6, 6.07) is 10.3. The summed E-state index contributed by atoms with van der Waals surface area (Å²) in [7, 11) is 0. The number of benzene rings is 1. The van der Waals surface area contributed by atoms with Crippen molar-refractivity contribution in [1.29, 1.82) is 0 Å². The van der Waals surface area contributed by atoms with Crippen LogP contribution < -0.4 is 4.90 Å². The molecular formula is C16H14FN3O. The highest BCUT2D eigenvalue weighted by molar-refractivity contribution is 5.74. The van der Waals surface area contributed by atoms with Gasteiger partial charge in [-0.25, -0.2) is 9.37 Å². The zero-order valence-electron chi connectivity index (χ0n) is 11.4. The van der Waals surface area contributed by atoms with Gasteiger partial charge in [-0.1, -0.05) is 12.1 Å². The van der Waals surface area contributed by atoms with Crippen molar-refractivity contribution in [2.45, 2.75) is 12.8 Å². The van der Waals surface area contributed by atoms with Gasteiger partial charge in [0.05, 0.1) is 5.56 Å². The Morgan fingerprint density at radius 1 is 1.00 bits per heavy atom. The lowest BCUT2D eigenvalue weighted by molar-refractivity contribution is 0.586. The normalized spacial score (nSPS) is 15.0. The maximum Gasteiger partial charge on any atom is 0.249 e. The Labute approximate surface area is 121 Å². The van der Waals surface area contributed by atoms with Crippen LogP contribution in [-0.4, -0.2) is 23.1 Å². The summed E-state index contributed by atoms with van der Waals surface area (Å²) >= 11 is 0. The summed E-state index contributed by atoms with van der Waals surface area (Å²) in [5.41, 5.74) is 1.46. The van der Waals surface area contributed by atoms with Crippen LogP contribution in [0.2, 0.25) is 0 Å². The van der Waals surface area contributed by atoms with E-state index < -0.39 is 0 Å². The van der Waals surface area contributed by atoms with E-state index in [2.05, 4.69) is 14.9 Å². The Kier molecular flexibility index (Phi) is 2.84. The molecule has 1 fully saturated rings. The highest BCUT2D eigenvalue weighted by Crippen LogP contribution is 2.27. The van der Waals surface area contributed by atoms with Crippen molar-refractivity contribution in [3.8, 4) is 11.5 Å². The Morgan fingerprint density at radius 3 is 2.62 bits per heavy atom. The number of hydrogen-bond donors (Lipinski definition) is 0. The maximum atomic E-state index is 13.8. The molecule has 3 aromatic rings. The number of aromatic nitrogens is 2. The number of oxazole rings is 1.